The van der Waals surface area contributed by atoms with Crippen molar-refractivity contribution in [2.45, 2.75) is 58.6 Å². The van der Waals surface area contributed by atoms with Crippen molar-refractivity contribution in [3.05, 3.63) is 0 Å². The predicted molar refractivity (Wildman–Crippen MR) is 60.5 cm³/mol. The Balaban J connectivity index is 1.96. The van der Waals surface area contributed by atoms with E-state index in [0.29, 0.717) is 12.1 Å². The Morgan fingerprint density at radius 3 is 2.43 bits per heavy atom. The van der Waals surface area contributed by atoms with Crippen molar-refractivity contribution in [3.63, 3.8) is 0 Å². The van der Waals surface area contributed by atoms with E-state index in [1.807, 2.05) is 0 Å². The first-order valence-electron chi connectivity index (χ1n) is 6.03. The number of nitrogens with one attached hydrogen (secondary N) is 1. The third-order valence-corrected chi connectivity index (χ3v) is 2.97. The molecule has 0 aliphatic heterocycles. The van der Waals surface area contributed by atoms with Crippen LogP contribution in [-0.2, 0) is 4.74 Å². The fourth-order valence-electron chi connectivity index (χ4n) is 1.97. The molecule has 1 aliphatic carbocycles. The van der Waals surface area contributed by atoms with Crippen molar-refractivity contribution in [2.75, 3.05) is 13.2 Å². The molecule has 84 valence electrons. The van der Waals surface area contributed by atoms with Gasteiger partial charge in [0.15, 0.2) is 0 Å². The van der Waals surface area contributed by atoms with Crippen molar-refractivity contribution < 1.29 is 4.74 Å². The standard InChI is InChI=1S/C12H25NO/c1-10(2)13-8-9-14-12-6-4-11(3)5-7-12/h10-13H,4-9H2,1-3H3. The van der Waals surface area contributed by atoms with E-state index in [1.165, 1.54) is 25.7 Å². The molecule has 0 aromatic heterocycles. The molecule has 0 unspecified atom stereocenters. The lowest BCUT2D eigenvalue weighted by Crippen LogP contribution is -2.29. The predicted octanol–water partition coefficient (Wildman–Crippen LogP) is 2.58. The monoisotopic (exact) mass is 199 g/mol. The van der Waals surface area contributed by atoms with Crippen LogP contribution in [0, 0.1) is 5.92 Å². The summed E-state index contributed by atoms with van der Waals surface area (Å²) in [4.78, 5) is 0. The zero-order chi connectivity index (χ0) is 10.4. The van der Waals surface area contributed by atoms with Crippen LogP contribution in [0.3, 0.4) is 0 Å². The highest BCUT2D eigenvalue weighted by atomic mass is 16.5. The Kier molecular flexibility index (Phi) is 5.49. The SMILES string of the molecule is CC1CCC(OCCNC(C)C)CC1. The molecule has 1 aliphatic rings. The van der Waals surface area contributed by atoms with Crippen molar-refractivity contribution in [1.82, 2.24) is 5.32 Å². The Bertz CT molecular complexity index is 139. The van der Waals surface area contributed by atoms with Gasteiger partial charge < -0.3 is 10.1 Å². The number of hydrogen-bond donors (Lipinski definition) is 1. The summed E-state index contributed by atoms with van der Waals surface area (Å²) in [5.74, 6) is 0.920. The zero-order valence-corrected chi connectivity index (χ0v) is 9.88. The molecule has 0 radical (unpaired) electrons. The molecule has 1 saturated carbocycles. The molecule has 2 heteroatoms. The zero-order valence-electron chi connectivity index (χ0n) is 9.88. The smallest absolute Gasteiger partial charge is 0.0594 e. The van der Waals surface area contributed by atoms with Crippen molar-refractivity contribution in [3.8, 4) is 0 Å². The lowest BCUT2D eigenvalue weighted by atomic mass is 9.89. The molecule has 1 rings (SSSR count). The molecule has 0 bridgehead atoms. The molecule has 1 N–H and O–H groups in total. The molecule has 0 saturated heterocycles. The van der Waals surface area contributed by atoms with Gasteiger partial charge in [0, 0.05) is 12.6 Å². The van der Waals surface area contributed by atoms with Crippen molar-refractivity contribution in [1.29, 1.82) is 0 Å². The van der Waals surface area contributed by atoms with Gasteiger partial charge >= 0.3 is 0 Å². The van der Waals surface area contributed by atoms with E-state index >= 15 is 0 Å². The van der Waals surface area contributed by atoms with Gasteiger partial charge in [-0.3, -0.25) is 0 Å². The highest BCUT2D eigenvalue weighted by Gasteiger charge is 2.17. The molecule has 0 aromatic carbocycles. The molecule has 0 spiro atoms. The summed E-state index contributed by atoms with van der Waals surface area (Å²) >= 11 is 0. The van der Waals surface area contributed by atoms with Gasteiger partial charge in [0.1, 0.15) is 0 Å². The fraction of sp³-hybridized carbons (Fsp3) is 1.00. The third kappa shape index (κ3) is 4.97. The largest absolute Gasteiger partial charge is 0.377 e. The second-order valence-electron chi connectivity index (χ2n) is 4.86. The Morgan fingerprint density at radius 2 is 1.86 bits per heavy atom. The van der Waals surface area contributed by atoms with E-state index in [2.05, 4.69) is 26.1 Å². The summed E-state index contributed by atoms with van der Waals surface area (Å²) in [5, 5.41) is 3.37. The molecule has 0 aromatic rings. The maximum Gasteiger partial charge on any atom is 0.0594 e. The molecular weight excluding hydrogens is 174 g/mol. The van der Waals surface area contributed by atoms with E-state index in [-0.39, 0.29) is 0 Å². The van der Waals surface area contributed by atoms with Gasteiger partial charge in [0.05, 0.1) is 12.7 Å². The van der Waals surface area contributed by atoms with Gasteiger partial charge in [-0.2, -0.15) is 0 Å². The van der Waals surface area contributed by atoms with Crippen LogP contribution in [0.15, 0.2) is 0 Å². The van der Waals surface area contributed by atoms with Crippen LogP contribution < -0.4 is 5.32 Å². The van der Waals surface area contributed by atoms with Crippen molar-refractivity contribution >= 4 is 0 Å². The van der Waals surface area contributed by atoms with E-state index in [0.717, 1.165) is 19.1 Å². The van der Waals surface area contributed by atoms with Crippen molar-refractivity contribution in [2.24, 2.45) is 5.92 Å². The maximum atomic E-state index is 5.82. The molecule has 2 nitrogen and oxygen atoms in total. The minimum absolute atomic E-state index is 0.542. The minimum Gasteiger partial charge on any atom is -0.377 e. The van der Waals surface area contributed by atoms with E-state index < -0.39 is 0 Å². The minimum atomic E-state index is 0.542. The van der Waals surface area contributed by atoms with Crippen LogP contribution >= 0.6 is 0 Å². The highest BCUT2D eigenvalue weighted by molar-refractivity contribution is 4.70. The first-order valence-corrected chi connectivity index (χ1v) is 6.03. The molecular formula is C12H25NO. The van der Waals surface area contributed by atoms with Gasteiger partial charge in [-0.15, -0.1) is 0 Å². The van der Waals surface area contributed by atoms with Gasteiger partial charge in [0.25, 0.3) is 0 Å². The van der Waals surface area contributed by atoms with Crippen LogP contribution in [0.25, 0.3) is 0 Å². The fourth-order valence-corrected chi connectivity index (χ4v) is 1.97. The van der Waals surface area contributed by atoms with Gasteiger partial charge in [-0.25, -0.2) is 0 Å². The average Bonchev–Trinajstić information content (AvgIpc) is 2.15. The quantitative estimate of drug-likeness (QED) is 0.687. The van der Waals surface area contributed by atoms with E-state index in [1.54, 1.807) is 0 Å². The van der Waals surface area contributed by atoms with Crippen LogP contribution in [-0.4, -0.2) is 25.3 Å². The Morgan fingerprint density at radius 1 is 1.21 bits per heavy atom. The first kappa shape index (κ1) is 12.0. The van der Waals surface area contributed by atoms with Crippen LogP contribution in [0.2, 0.25) is 0 Å². The number of ether oxygens (including phenoxy) is 1. The number of rotatable bonds is 5. The van der Waals surface area contributed by atoms with E-state index in [4.69, 9.17) is 4.74 Å². The lowest BCUT2D eigenvalue weighted by molar-refractivity contribution is 0.0211. The molecule has 1 fully saturated rings. The van der Waals surface area contributed by atoms with Crippen LogP contribution in [0.5, 0.6) is 0 Å². The normalized spacial score (nSPS) is 28.3. The summed E-state index contributed by atoms with van der Waals surface area (Å²) < 4.78 is 5.82. The summed E-state index contributed by atoms with van der Waals surface area (Å²) in [6, 6.07) is 0.574. The summed E-state index contributed by atoms with van der Waals surface area (Å²) in [6.45, 7) is 8.54. The number of hydrogen-bond acceptors (Lipinski definition) is 2. The summed E-state index contributed by atoms with van der Waals surface area (Å²) in [5.41, 5.74) is 0. The molecule has 0 atom stereocenters. The summed E-state index contributed by atoms with van der Waals surface area (Å²) in [7, 11) is 0. The summed E-state index contributed by atoms with van der Waals surface area (Å²) in [6.07, 6.45) is 5.77. The average molecular weight is 199 g/mol. The lowest BCUT2D eigenvalue weighted by Gasteiger charge is -2.26. The van der Waals surface area contributed by atoms with Crippen LogP contribution in [0.4, 0.5) is 0 Å². The van der Waals surface area contributed by atoms with Crippen LogP contribution in [0.1, 0.15) is 46.5 Å². The van der Waals surface area contributed by atoms with Gasteiger partial charge in [-0.1, -0.05) is 20.8 Å². The highest BCUT2D eigenvalue weighted by Crippen LogP contribution is 2.25. The topological polar surface area (TPSA) is 21.3 Å². The maximum absolute atomic E-state index is 5.82. The third-order valence-electron chi connectivity index (χ3n) is 2.97. The molecule has 0 amide bonds. The second-order valence-corrected chi connectivity index (χ2v) is 4.86. The first-order chi connectivity index (χ1) is 6.68. The van der Waals surface area contributed by atoms with E-state index in [9.17, 15) is 0 Å². The molecule has 14 heavy (non-hydrogen) atoms. The Labute approximate surface area is 88.4 Å². The second kappa shape index (κ2) is 6.41. The Hall–Kier alpha value is -0.0800. The van der Waals surface area contributed by atoms with Gasteiger partial charge in [0.2, 0.25) is 0 Å². The van der Waals surface area contributed by atoms with Gasteiger partial charge in [-0.05, 0) is 31.6 Å². The molecule has 0 heterocycles.